The number of nitrogens with zero attached hydrogens (tertiary/aromatic N) is 3. The van der Waals surface area contributed by atoms with Crippen molar-refractivity contribution in [1.82, 2.24) is 0 Å². The number of thiocarbonyl (C=S) groups is 3. The summed E-state index contributed by atoms with van der Waals surface area (Å²) in [4.78, 5) is 0. The second-order valence-electron chi connectivity index (χ2n) is 6.38. The topological polar surface area (TPSA) is 46.3 Å². The van der Waals surface area contributed by atoms with Gasteiger partial charge >= 0.3 is 8.56 Å². The van der Waals surface area contributed by atoms with E-state index in [0.29, 0.717) is 24.7 Å². The molecule has 27 heavy (non-hydrogen) atoms. The molecule has 1 aromatic carbocycles. The van der Waals surface area contributed by atoms with E-state index in [1.54, 1.807) is 0 Å². The third-order valence-corrected chi connectivity index (χ3v) is 8.15. The number of rotatable bonds is 9. The minimum Gasteiger partial charge on any atom is -0.378 e. The van der Waals surface area contributed by atoms with Gasteiger partial charge in [0.2, 0.25) is 0 Å². The Hall–Kier alpha value is -0.913. The van der Waals surface area contributed by atoms with Crippen molar-refractivity contribution in [2.45, 2.75) is 50.2 Å². The molecule has 0 radical (unpaired) electrons. The van der Waals surface area contributed by atoms with Crippen LogP contribution < -0.4 is 0 Å². The molecule has 0 bridgehead atoms. The highest BCUT2D eigenvalue weighted by Crippen LogP contribution is 2.34. The Morgan fingerprint density at radius 1 is 0.963 bits per heavy atom. The molecule has 0 aliphatic heterocycles. The van der Waals surface area contributed by atoms with Gasteiger partial charge in [-0.25, -0.2) is 14.0 Å². The van der Waals surface area contributed by atoms with E-state index in [0.717, 1.165) is 37.1 Å². The molecule has 142 valence electrons. The highest BCUT2D eigenvalue weighted by atomic mass is 35.5. The van der Waals surface area contributed by atoms with Crippen LogP contribution in [-0.4, -0.2) is 36.8 Å². The van der Waals surface area contributed by atoms with Gasteiger partial charge in [-0.3, -0.25) is 0 Å². The summed E-state index contributed by atoms with van der Waals surface area (Å²) in [5.74, 6) is 0.591. The number of benzene rings is 1. The van der Waals surface area contributed by atoms with Gasteiger partial charge in [0.05, 0.1) is 21.6 Å². The van der Waals surface area contributed by atoms with Gasteiger partial charge in [-0.2, -0.15) is 0 Å². The lowest BCUT2D eigenvalue weighted by Gasteiger charge is -2.29. The van der Waals surface area contributed by atoms with Crippen LogP contribution in [0, 0.1) is 0 Å². The van der Waals surface area contributed by atoms with Crippen molar-refractivity contribution in [3.8, 4) is 0 Å². The van der Waals surface area contributed by atoms with Gasteiger partial charge in [0.1, 0.15) is 0 Å². The molecule has 1 aromatic rings. The summed E-state index contributed by atoms with van der Waals surface area (Å²) >= 11 is 20.1. The van der Waals surface area contributed by atoms with E-state index >= 15 is 0 Å². The summed E-state index contributed by atoms with van der Waals surface area (Å²) in [5.41, 5.74) is 1.36. The van der Waals surface area contributed by atoms with Crippen molar-refractivity contribution in [1.29, 1.82) is 0 Å². The summed E-state index contributed by atoms with van der Waals surface area (Å²) in [6.45, 7) is 0.623. The molecule has 0 aromatic heterocycles. The molecule has 0 heterocycles. The molecule has 1 saturated carbocycles. The molecule has 0 atom stereocenters. The van der Waals surface area contributed by atoms with Crippen LogP contribution in [0.15, 0.2) is 38.2 Å². The fourth-order valence-corrected chi connectivity index (χ4v) is 6.30. The molecule has 9 heteroatoms. The number of halogens is 1. The van der Waals surface area contributed by atoms with E-state index in [-0.39, 0.29) is 0 Å². The molecule has 4 nitrogen and oxygen atoms in total. The molecule has 2 rings (SSSR count). The molecule has 1 aliphatic rings. The standard InChI is InChI=1S/C18H20ClN3OS3Si/c19-17-6-2-15(3-7-17)16-4-8-18(9-5-16)23-10-1-11-27(20-12-24,21-13-25)22-14-26/h2-3,6-7,16,18H,1,4-5,8-11H2. The molecule has 1 fully saturated rings. The van der Waals surface area contributed by atoms with Crippen LogP contribution in [0.2, 0.25) is 11.1 Å². The lowest BCUT2D eigenvalue weighted by atomic mass is 9.83. The lowest BCUT2D eigenvalue weighted by molar-refractivity contribution is 0.0250. The van der Waals surface area contributed by atoms with Gasteiger partial charge in [-0.05, 0) is 92.4 Å². The van der Waals surface area contributed by atoms with Crippen molar-refractivity contribution < 1.29 is 4.74 Å². The van der Waals surface area contributed by atoms with Gasteiger partial charge in [0.25, 0.3) is 0 Å². The quantitative estimate of drug-likeness (QED) is 0.198. The molecule has 0 amide bonds. The van der Waals surface area contributed by atoms with E-state index in [4.69, 9.17) is 53.0 Å². The van der Waals surface area contributed by atoms with Crippen LogP contribution in [0.1, 0.15) is 43.6 Å². The Kier molecular flexibility index (Phi) is 9.80. The van der Waals surface area contributed by atoms with E-state index in [1.165, 1.54) is 5.56 Å². The maximum absolute atomic E-state index is 6.05. The van der Waals surface area contributed by atoms with E-state index in [9.17, 15) is 0 Å². The van der Waals surface area contributed by atoms with E-state index < -0.39 is 8.56 Å². The Labute approximate surface area is 182 Å². The zero-order valence-corrected chi connectivity index (χ0v) is 19.0. The Morgan fingerprint density at radius 3 is 2.04 bits per heavy atom. The normalized spacial score (nSPS) is 21.1. The Balaban J connectivity index is 1.78. The first kappa shape index (κ1) is 22.4. The summed E-state index contributed by atoms with van der Waals surface area (Å²) < 4.78 is 18.4. The summed E-state index contributed by atoms with van der Waals surface area (Å²) in [6, 6.07) is 8.78. The number of hydrogen-bond donors (Lipinski definition) is 0. The molecule has 1 aliphatic carbocycles. The molecule has 0 N–H and O–H groups in total. The molecular weight excluding hydrogens is 434 g/mol. The third-order valence-electron chi connectivity index (χ3n) is 4.70. The molecule has 0 unspecified atom stereocenters. The predicted octanol–water partition coefficient (Wildman–Crippen LogP) is 6.02. The van der Waals surface area contributed by atoms with Crippen LogP contribution in [0.3, 0.4) is 0 Å². The second-order valence-corrected chi connectivity index (χ2v) is 10.1. The highest BCUT2D eigenvalue weighted by Gasteiger charge is 2.34. The Morgan fingerprint density at radius 2 is 1.52 bits per heavy atom. The number of hydrogen-bond acceptors (Lipinski definition) is 7. The van der Waals surface area contributed by atoms with Crippen molar-refractivity contribution in [2.24, 2.45) is 14.0 Å². The molecule has 0 spiro atoms. The van der Waals surface area contributed by atoms with Gasteiger partial charge in [-0.15, -0.1) is 0 Å². The van der Waals surface area contributed by atoms with Crippen molar-refractivity contribution in [3.05, 3.63) is 34.9 Å². The van der Waals surface area contributed by atoms with Crippen LogP contribution >= 0.6 is 48.3 Å². The summed E-state index contributed by atoms with van der Waals surface area (Å²) in [7, 11) is -2.80. The summed E-state index contributed by atoms with van der Waals surface area (Å²) in [6.07, 6.45) is 5.43. The van der Waals surface area contributed by atoms with Gasteiger partial charge < -0.3 is 4.74 Å². The zero-order chi connectivity index (χ0) is 19.5. The number of isothiocyanates is 3. The molecular formula is C18H20ClN3OS3Si. The fourth-order valence-electron chi connectivity index (χ4n) is 3.32. The first-order valence-corrected chi connectivity index (χ1v) is 12.4. The average Bonchev–Trinajstić information content (AvgIpc) is 2.67. The lowest BCUT2D eigenvalue weighted by Crippen LogP contribution is -2.28. The van der Waals surface area contributed by atoms with Crippen LogP contribution in [0.25, 0.3) is 0 Å². The zero-order valence-electron chi connectivity index (χ0n) is 14.8. The van der Waals surface area contributed by atoms with Crippen LogP contribution in [-0.2, 0) is 4.74 Å². The smallest absolute Gasteiger partial charge is 0.378 e. The van der Waals surface area contributed by atoms with Gasteiger partial charge in [-0.1, -0.05) is 23.7 Å². The average molecular weight is 454 g/mol. The third kappa shape index (κ3) is 7.20. The summed E-state index contributed by atoms with van der Waals surface area (Å²) in [5, 5.41) is 7.84. The number of ether oxygens (including phenoxy) is 1. The van der Waals surface area contributed by atoms with E-state index in [1.807, 2.05) is 12.1 Å². The van der Waals surface area contributed by atoms with Gasteiger partial charge in [0, 0.05) is 17.7 Å². The first-order chi connectivity index (χ1) is 13.1. The van der Waals surface area contributed by atoms with E-state index in [2.05, 4.69) is 41.6 Å². The second kappa shape index (κ2) is 11.8. The first-order valence-electron chi connectivity index (χ1n) is 8.76. The SMILES string of the molecule is S=C=N[Si](CCCOC1CCC(c2ccc(Cl)cc2)CC1)(N=C=S)N=C=S. The van der Waals surface area contributed by atoms with Crippen molar-refractivity contribution in [2.75, 3.05) is 6.61 Å². The van der Waals surface area contributed by atoms with Crippen molar-refractivity contribution >= 4 is 72.3 Å². The minimum absolute atomic E-state index is 0.293. The minimum atomic E-state index is -2.80. The van der Waals surface area contributed by atoms with Crippen LogP contribution in [0.4, 0.5) is 0 Å². The van der Waals surface area contributed by atoms with Crippen molar-refractivity contribution in [3.63, 3.8) is 0 Å². The molecule has 0 saturated heterocycles. The van der Waals surface area contributed by atoms with Gasteiger partial charge in [0.15, 0.2) is 0 Å². The monoisotopic (exact) mass is 453 g/mol. The predicted molar refractivity (Wildman–Crippen MR) is 123 cm³/mol. The largest absolute Gasteiger partial charge is 0.461 e. The Bertz CT molecular complexity index is 719. The fraction of sp³-hybridized carbons (Fsp3) is 0.500. The highest BCUT2D eigenvalue weighted by molar-refractivity contribution is 7.78. The maximum atomic E-state index is 6.05. The van der Waals surface area contributed by atoms with Crippen LogP contribution in [0.5, 0.6) is 0 Å². The maximum Gasteiger partial charge on any atom is 0.461 e.